The highest BCUT2D eigenvalue weighted by Gasteiger charge is 2.68. The highest BCUT2D eigenvalue weighted by atomic mass is 35.5. The molecule has 1 unspecified atom stereocenters. The molecular weight excluding hydrogens is 411 g/mol. The highest BCUT2D eigenvalue weighted by Crippen LogP contribution is 2.64. The molecule has 7 nitrogen and oxygen atoms in total. The Morgan fingerprint density at radius 1 is 1.24 bits per heavy atom. The monoisotopic (exact) mass is 432 g/mol. The molecular formula is C20H22Cl2N6O. The van der Waals surface area contributed by atoms with Crippen molar-refractivity contribution in [1.29, 1.82) is 0 Å². The predicted molar refractivity (Wildman–Crippen MR) is 111 cm³/mol. The normalized spacial score (nSPS) is 24.2. The molecule has 1 atom stereocenters. The van der Waals surface area contributed by atoms with Crippen LogP contribution in [0, 0.1) is 5.41 Å². The van der Waals surface area contributed by atoms with Gasteiger partial charge in [-0.25, -0.2) is 9.67 Å². The zero-order chi connectivity index (χ0) is 20.2. The fraction of sp³-hybridized carbons (Fsp3) is 0.500. The Morgan fingerprint density at radius 2 is 1.97 bits per heavy atom. The number of carbonyl (C=O) groups excluding carboxylic acids is 1. The van der Waals surface area contributed by atoms with Crippen LogP contribution in [-0.4, -0.2) is 52.8 Å². The molecule has 1 aromatic carbocycles. The summed E-state index contributed by atoms with van der Waals surface area (Å²) in [6.07, 6.45) is 6.07. The number of amides is 1. The molecule has 0 spiro atoms. The van der Waals surface area contributed by atoms with Gasteiger partial charge in [-0.3, -0.25) is 4.79 Å². The molecule has 29 heavy (non-hydrogen) atoms. The van der Waals surface area contributed by atoms with Crippen LogP contribution in [0.25, 0.3) is 11.0 Å². The van der Waals surface area contributed by atoms with Gasteiger partial charge in [-0.2, -0.15) is 0 Å². The van der Waals surface area contributed by atoms with Crippen molar-refractivity contribution in [3.8, 4) is 0 Å². The summed E-state index contributed by atoms with van der Waals surface area (Å²) in [5, 5.41) is 8.50. The van der Waals surface area contributed by atoms with E-state index >= 15 is 0 Å². The first-order chi connectivity index (χ1) is 13.9. The zero-order valence-electron chi connectivity index (χ0n) is 16.1. The van der Waals surface area contributed by atoms with E-state index in [1.54, 1.807) is 0 Å². The molecule has 1 aliphatic heterocycles. The van der Waals surface area contributed by atoms with Gasteiger partial charge in [0, 0.05) is 31.4 Å². The van der Waals surface area contributed by atoms with Crippen LogP contribution in [0.2, 0.25) is 0 Å². The molecule has 9 heteroatoms. The second-order valence-electron chi connectivity index (χ2n) is 8.25. The molecule has 1 aliphatic carbocycles. The van der Waals surface area contributed by atoms with Crippen molar-refractivity contribution >= 4 is 40.1 Å². The quantitative estimate of drug-likeness (QED) is 0.592. The molecule has 3 aromatic rings. The summed E-state index contributed by atoms with van der Waals surface area (Å²) in [7, 11) is 0. The largest absolute Gasteiger partial charge is 0.342 e. The number of alkyl halides is 2. The lowest BCUT2D eigenvalue weighted by Gasteiger charge is -2.34. The van der Waals surface area contributed by atoms with E-state index < -0.39 is 9.75 Å². The first-order valence-electron chi connectivity index (χ1n) is 9.85. The molecule has 152 valence electrons. The van der Waals surface area contributed by atoms with E-state index in [0.29, 0.717) is 32.1 Å². The van der Waals surface area contributed by atoms with Gasteiger partial charge >= 0.3 is 0 Å². The van der Waals surface area contributed by atoms with Crippen LogP contribution in [0.15, 0.2) is 36.7 Å². The number of nitrogens with zero attached hydrogens (tertiary/aromatic N) is 6. The van der Waals surface area contributed by atoms with E-state index in [2.05, 4.69) is 19.9 Å². The number of para-hydroxylation sites is 1. The highest BCUT2D eigenvalue weighted by molar-refractivity contribution is 6.53. The van der Waals surface area contributed by atoms with Crippen LogP contribution in [0.4, 0.5) is 0 Å². The lowest BCUT2D eigenvalue weighted by atomic mass is 9.94. The number of fused-ring (bicyclic) bond motifs is 1. The number of piperidine rings is 1. The number of hydrogen-bond acceptors (Lipinski definition) is 4. The maximum Gasteiger partial charge on any atom is 0.231 e. The van der Waals surface area contributed by atoms with Crippen LogP contribution in [-0.2, 0) is 11.5 Å². The number of likely N-dealkylation sites (tertiary alicyclic amines) is 1. The number of benzene rings is 1. The second-order valence-corrected chi connectivity index (χ2v) is 9.74. The minimum atomic E-state index is -0.919. The van der Waals surface area contributed by atoms with Crippen molar-refractivity contribution in [3.63, 3.8) is 0 Å². The second kappa shape index (κ2) is 6.71. The average Bonchev–Trinajstić information content (AvgIpc) is 3.10. The summed E-state index contributed by atoms with van der Waals surface area (Å²) >= 11 is 12.4. The molecule has 0 N–H and O–H groups in total. The van der Waals surface area contributed by atoms with Gasteiger partial charge in [0.1, 0.15) is 22.3 Å². The lowest BCUT2D eigenvalue weighted by Crippen LogP contribution is -2.43. The van der Waals surface area contributed by atoms with Gasteiger partial charge in [0.05, 0.1) is 10.9 Å². The molecule has 5 rings (SSSR count). The molecule has 1 saturated heterocycles. The van der Waals surface area contributed by atoms with Crippen molar-refractivity contribution in [3.05, 3.63) is 42.5 Å². The van der Waals surface area contributed by atoms with E-state index in [-0.39, 0.29) is 5.91 Å². The molecule has 2 aliphatic rings. The van der Waals surface area contributed by atoms with Gasteiger partial charge in [0.25, 0.3) is 0 Å². The van der Waals surface area contributed by atoms with Gasteiger partial charge < -0.3 is 9.47 Å². The Hall–Kier alpha value is -2.12. The van der Waals surface area contributed by atoms with Gasteiger partial charge in [0.2, 0.25) is 5.91 Å². The van der Waals surface area contributed by atoms with Crippen LogP contribution < -0.4 is 0 Å². The van der Waals surface area contributed by atoms with E-state index in [0.717, 1.165) is 29.7 Å². The standard InChI is InChI=1S/C20H22Cl2N6O/c1-19(12-20(19,21)22)18(29)26-9-6-14(7-10-26)17-23-8-11-27(17)13-28-16-5-3-2-4-15(16)24-25-28/h2-5,8,11,14H,6-7,9-10,12-13H2,1H3. The minimum Gasteiger partial charge on any atom is -0.342 e. The van der Waals surface area contributed by atoms with Crippen molar-refractivity contribution in [2.24, 2.45) is 5.41 Å². The predicted octanol–water partition coefficient (Wildman–Crippen LogP) is 3.42. The summed E-state index contributed by atoms with van der Waals surface area (Å²) in [5.41, 5.74) is 1.23. The smallest absolute Gasteiger partial charge is 0.231 e. The third kappa shape index (κ3) is 3.11. The van der Waals surface area contributed by atoms with E-state index in [9.17, 15) is 4.79 Å². The Bertz CT molecular complexity index is 1070. The Kier molecular flexibility index (Phi) is 4.37. The van der Waals surface area contributed by atoms with Gasteiger partial charge in [-0.05, 0) is 38.3 Å². The lowest BCUT2D eigenvalue weighted by molar-refractivity contribution is -0.137. The SMILES string of the molecule is CC1(C(=O)N2CCC(c3nccn3Cn3nnc4ccccc43)CC2)CC1(Cl)Cl. The summed E-state index contributed by atoms with van der Waals surface area (Å²) in [5.74, 6) is 1.39. The fourth-order valence-corrected chi connectivity index (χ4v) is 4.98. The molecule has 2 fully saturated rings. The van der Waals surface area contributed by atoms with Crippen LogP contribution in [0.1, 0.15) is 37.9 Å². The summed E-state index contributed by atoms with van der Waals surface area (Å²) < 4.78 is 3.08. The first kappa shape index (κ1) is 18.9. The molecule has 0 bridgehead atoms. The van der Waals surface area contributed by atoms with Crippen LogP contribution >= 0.6 is 23.2 Å². The Balaban J connectivity index is 1.28. The van der Waals surface area contributed by atoms with Crippen molar-refractivity contribution in [2.75, 3.05) is 13.1 Å². The number of rotatable bonds is 4. The fourth-order valence-electron chi connectivity index (χ4n) is 4.29. The third-order valence-corrected chi connectivity index (χ3v) is 7.43. The Morgan fingerprint density at radius 3 is 2.69 bits per heavy atom. The van der Waals surface area contributed by atoms with E-state index in [4.69, 9.17) is 23.2 Å². The maximum atomic E-state index is 12.8. The van der Waals surface area contributed by atoms with Crippen molar-refractivity contribution in [2.45, 2.75) is 43.1 Å². The van der Waals surface area contributed by atoms with E-state index in [1.807, 2.05) is 53.2 Å². The average molecular weight is 433 g/mol. The first-order valence-corrected chi connectivity index (χ1v) is 10.6. The van der Waals surface area contributed by atoms with Crippen LogP contribution in [0.3, 0.4) is 0 Å². The number of aromatic nitrogens is 5. The van der Waals surface area contributed by atoms with Crippen molar-refractivity contribution < 1.29 is 4.79 Å². The Labute approximate surface area is 178 Å². The maximum absolute atomic E-state index is 12.8. The molecule has 2 aromatic heterocycles. The summed E-state index contributed by atoms with van der Waals surface area (Å²) in [6.45, 7) is 3.81. The summed E-state index contributed by atoms with van der Waals surface area (Å²) in [4.78, 5) is 19.3. The van der Waals surface area contributed by atoms with E-state index in [1.165, 1.54) is 0 Å². The van der Waals surface area contributed by atoms with Crippen LogP contribution in [0.5, 0.6) is 0 Å². The minimum absolute atomic E-state index is 0.0679. The number of carbonyl (C=O) groups is 1. The van der Waals surface area contributed by atoms with Gasteiger partial charge in [-0.1, -0.05) is 17.3 Å². The molecule has 0 radical (unpaired) electrons. The number of imidazole rings is 1. The molecule has 1 saturated carbocycles. The van der Waals surface area contributed by atoms with Crippen molar-refractivity contribution in [1.82, 2.24) is 29.4 Å². The topological polar surface area (TPSA) is 68.8 Å². The molecule has 1 amide bonds. The van der Waals surface area contributed by atoms with Gasteiger partial charge in [0.15, 0.2) is 0 Å². The zero-order valence-corrected chi connectivity index (χ0v) is 17.6. The molecule has 3 heterocycles. The third-order valence-electron chi connectivity index (χ3n) is 6.33. The number of hydrogen-bond donors (Lipinski definition) is 0. The van der Waals surface area contributed by atoms with Gasteiger partial charge in [-0.15, -0.1) is 28.3 Å². The number of halogens is 2. The summed E-state index contributed by atoms with van der Waals surface area (Å²) in [6, 6.07) is 7.92.